The highest BCUT2D eigenvalue weighted by Crippen LogP contribution is 2.49. The molecular weight excluding hydrogens is 378 g/mol. The highest BCUT2D eigenvalue weighted by atomic mass is 16.6. The molecule has 1 N–H and O–H groups in total. The van der Waals surface area contributed by atoms with E-state index >= 15 is 0 Å². The van der Waals surface area contributed by atoms with E-state index in [9.17, 15) is 24.5 Å². The van der Waals surface area contributed by atoms with Gasteiger partial charge in [-0.25, -0.2) is 0 Å². The van der Waals surface area contributed by atoms with E-state index in [0.29, 0.717) is 0 Å². The fourth-order valence-electron chi connectivity index (χ4n) is 4.69. The molecule has 9 heteroatoms. The van der Waals surface area contributed by atoms with E-state index in [1.165, 1.54) is 30.2 Å². The molecule has 3 amide bonds. The van der Waals surface area contributed by atoms with Crippen molar-refractivity contribution in [3.8, 4) is 5.75 Å². The van der Waals surface area contributed by atoms with Crippen molar-refractivity contribution in [3.05, 3.63) is 40.5 Å². The quantitative estimate of drug-likeness (QED) is 0.339. The number of amides is 3. The lowest BCUT2D eigenvalue weighted by atomic mass is 9.63. The van der Waals surface area contributed by atoms with Crippen LogP contribution in [-0.2, 0) is 14.4 Å². The van der Waals surface area contributed by atoms with Gasteiger partial charge in [-0.15, -0.1) is 0 Å². The summed E-state index contributed by atoms with van der Waals surface area (Å²) in [6, 6.07) is 3.88. The molecule has 152 valence electrons. The summed E-state index contributed by atoms with van der Waals surface area (Å²) in [6.07, 6.45) is 5.84. The molecular formula is C20H21N3O6. The number of nitrogens with one attached hydrogen (secondary N) is 1. The number of imide groups is 1. The van der Waals surface area contributed by atoms with Crippen LogP contribution < -0.4 is 10.1 Å². The van der Waals surface area contributed by atoms with Crippen LogP contribution in [0.1, 0.15) is 19.3 Å². The van der Waals surface area contributed by atoms with Gasteiger partial charge in [-0.3, -0.25) is 29.4 Å². The summed E-state index contributed by atoms with van der Waals surface area (Å²) in [5.74, 6) is -0.952. The van der Waals surface area contributed by atoms with Gasteiger partial charge in [-0.2, -0.15) is 0 Å². The number of carbonyl (C=O) groups excluding carboxylic acids is 3. The maximum atomic E-state index is 12.8. The molecule has 2 bridgehead atoms. The summed E-state index contributed by atoms with van der Waals surface area (Å²) in [4.78, 5) is 49.5. The van der Waals surface area contributed by atoms with E-state index in [2.05, 4.69) is 5.32 Å². The molecule has 1 saturated heterocycles. The summed E-state index contributed by atoms with van der Waals surface area (Å²) in [6.45, 7) is -0.00676. The summed E-state index contributed by atoms with van der Waals surface area (Å²) >= 11 is 0. The Bertz CT molecular complexity index is 895. The van der Waals surface area contributed by atoms with Crippen LogP contribution in [0.3, 0.4) is 0 Å². The van der Waals surface area contributed by atoms with E-state index in [1.54, 1.807) is 0 Å². The first-order chi connectivity index (χ1) is 13.9. The van der Waals surface area contributed by atoms with Crippen LogP contribution in [0.15, 0.2) is 30.4 Å². The standard InChI is InChI=1S/C20H21N3O6/c1-29-15-7-6-13(23(27)28)10-14(15)21-16(24)8-9-22-19(25)17-11-2-3-12(5-4-11)18(17)20(22)26/h2-3,6-7,10-12,17-18H,4-5,8-9H2,1H3,(H,21,24)/t11-,12-,17-,18-/m0/s1. The molecule has 1 aliphatic heterocycles. The monoisotopic (exact) mass is 399 g/mol. The van der Waals surface area contributed by atoms with Crippen molar-refractivity contribution in [2.24, 2.45) is 23.7 Å². The van der Waals surface area contributed by atoms with Crippen LogP contribution >= 0.6 is 0 Å². The second-order valence-electron chi connectivity index (χ2n) is 7.61. The Hall–Kier alpha value is -3.23. The van der Waals surface area contributed by atoms with Gasteiger partial charge in [0.15, 0.2) is 0 Å². The Morgan fingerprint density at radius 3 is 2.34 bits per heavy atom. The summed E-state index contributed by atoms with van der Waals surface area (Å²) < 4.78 is 5.12. The van der Waals surface area contributed by atoms with Crippen LogP contribution in [0.2, 0.25) is 0 Å². The Kier molecular flexibility index (Phi) is 4.81. The Morgan fingerprint density at radius 1 is 1.21 bits per heavy atom. The van der Waals surface area contributed by atoms with Crippen molar-refractivity contribution in [2.45, 2.75) is 19.3 Å². The minimum Gasteiger partial charge on any atom is -0.495 e. The van der Waals surface area contributed by atoms with Gasteiger partial charge in [0.05, 0.1) is 29.6 Å². The highest BCUT2D eigenvalue weighted by molar-refractivity contribution is 6.06. The molecule has 5 rings (SSSR count). The number of nitro groups is 1. The molecule has 0 aromatic heterocycles. The second-order valence-corrected chi connectivity index (χ2v) is 7.61. The van der Waals surface area contributed by atoms with Gasteiger partial charge >= 0.3 is 0 Å². The van der Waals surface area contributed by atoms with Gasteiger partial charge in [0.1, 0.15) is 5.75 Å². The molecule has 0 unspecified atom stereocenters. The van der Waals surface area contributed by atoms with E-state index < -0.39 is 10.8 Å². The molecule has 4 aliphatic rings. The lowest BCUT2D eigenvalue weighted by Gasteiger charge is -2.38. The van der Waals surface area contributed by atoms with Crippen molar-refractivity contribution >= 4 is 29.1 Å². The van der Waals surface area contributed by atoms with Gasteiger partial charge in [0.25, 0.3) is 5.69 Å². The average Bonchev–Trinajstić information content (AvgIpc) is 2.99. The Balaban J connectivity index is 1.42. The lowest BCUT2D eigenvalue weighted by Crippen LogP contribution is -2.38. The molecule has 1 saturated carbocycles. The first-order valence-electron chi connectivity index (χ1n) is 9.56. The number of non-ortho nitro benzene ring substituents is 1. The predicted molar refractivity (Wildman–Crippen MR) is 102 cm³/mol. The molecule has 1 heterocycles. The Morgan fingerprint density at radius 2 is 1.83 bits per heavy atom. The van der Waals surface area contributed by atoms with E-state index in [1.807, 2.05) is 12.2 Å². The van der Waals surface area contributed by atoms with Gasteiger partial charge in [-0.05, 0) is 30.7 Å². The molecule has 2 fully saturated rings. The van der Waals surface area contributed by atoms with Crippen LogP contribution in [0.5, 0.6) is 5.75 Å². The summed E-state index contributed by atoms with van der Waals surface area (Å²) in [5.41, 5.74) is -0.0141. The molecule has 4 atom stereocenters. The number of likely N-dealkylation sites (tertiary alicyclic amines) is 1. The molecule has 1 aromatic carbocycles. The first-order valence-corrected chi connectivity index (χ1v) is 9.56. The molecule has 1 aromatic rings. The van der Waals surface area contributed by atoms with Crippen molar-refractivity contribution in [2.75, 3.05) is 19.0 Å². The highest BCUT2D eigenvalue weighted by Gasteiger charge is 2.56. The number of carbonyl (C=O) groups is 3. The second kappa shape index (κ2) is 7.31. The van der Waals surface area contributed by atoms with Gasteiger partial charge < -0.3 is 10.1 Å². The molecule has 3 aliphatic carbocycles. The zero-order valence-corrected chi connectivity index (χ0v) is 15.9. The molecule has 0 radical (unpaired) electrons. The SMILES string of the molecule is COc1ccc([N+](=O)[O-])cc1NC(=O)CCN1C(=O)[C@@H]2[C@@H](C1=O)[C@H]1C=C[C@H]2CC1. The van der Waals surface area contributed by atoms with Crippen molar-refractivity contribution in [3.63, 3.8) is 0 Å². The maximum Gasteiger partial charge on any atom is 0.271 e. The van der Waals surface area contributed by atoms with E-state index in [-0.39, 0.29) is 65.6 Å². The zero-order valence-electron chi connectivity index (χ0n) is 15.9. The van der Waals surface area contributed by atoms with Crippen LogP contribution in [0, 0.1) is 33.8 Å². The number of fused-ring (bicyclic) bond motifs is 1. The van der Waals surface area contributed by atoms with Crippen molar-refractivity contribution < 1.29 is 24.0 Å². The first kappa shape index (κ1) is 19.1. The third kappa shape index (κ3) is 3.26. The predicted octanol–water partition coefficient (Wildman–Crippen LogP) is 2.13. The maximum absolute atomic E-state index is 12.8. The number of rotatable bonds is 6. The van der Waals surface area contributed by atoms with Crippen LogP contribution in [-0.4, -0.2) is 41.2 Å². The fraction of sp³-hybridized carbons (Fsp3) is 0.450. The summed E-state index contributed by atoms with van der Waals surface area (Å²) in [5, 5.41) is 13.5. The van der Waals surface area contributed by atoms with Gasteiger partial charge in [0.2, 0.25) is 17.7 Å². The fourth-order valence-corrected chi connectivity index (χ4v) is 4.69. The third-order valence-corrected chi connectivity index (χ3v) is 6.08. The number of ether oxygens (including phenoxy) is 1. The third-order valence-electron chi connectivity index (χ3n) is 6.08. The van der Waals surface area contributed by atoms with E-state index in [0.717, 1.165) is 12.8 Å². The largest absolute Gasteiger partial charge is 0.495 e. The number of anilines is 1. The lowest BCUT2D eigenvalue weighted by molar-refractivity contribution is -0.384. The minimum absolute atomic E-state index is 0.00676. The average molecular weight is 399 g/mol. The number of allylic oxidation sites excluding steroid dienone is 2. The number of hydrogen-bond donors (Lipinski definition) is 1. The van der Waals surface area contributed by atoms with Crippen molar-refractivity contribution in [1.82, 2.24) is 4.90 Å². The molecule has 29 heavy (non-hydrogen) atoms. The van der Waals surface area contributed by atoms with Crippen LogP contribution in [0.25, 0.3) is 0 Å². The van der Waals surface area contributed by atoms with Gasteiger partial charge in [0, 0.05) is 25.1 Å². The topological polar surface area (TPSA) is 119 Å². The number of nitro benzene ring substituents is 1. The number of benzene rings is 1. The van der Waals surface area contributed by atoms with E-state index in [4.69, 9.17) is 4.74 Å². The van der Waals surface area contributed by atoms with Gasteiger partial charge in [-0.1, -0.05) is 12.2 Å². The van der Waals surface area contributed by atoms with Crippen molar-refractivity contribution in [1.29, 1.82) is 0 Å². The number of methoxy groups -OCH3 is 1. The van der Waals surface area contributed by atoms with Crippen LogP contribution in [0.4, 0.5) is 11.4 Å². The molecule has 0 spiro atoms. The smallest absolute Gasteiger partial charge is 0.271 e. The zero-order chi connectivity index (χ0) is 20.7. The molecule has 9 nitrogen and oxygen atoms in total. The normalized spacial score (nSPS) is 27.1. The minimum atomic E-state index is -0.569. The number of hydrogen-bond acceptors (Lipinski definition) is 6. The summed E-state index contributed by atoms with van der Waals surface area (Å²) in [7, 11) is 1.39. The number of nitrogens with zero attached hydrogens (tertiary/aromatic N) is 2. The Labute approximate surface area is 166 Å².